The van der Waals surface area contributed by atoms with Gasteiger partial charge in [-0.2, -0.15) is 13.2 Å². The number of alkyl halides is 4. The van der Waals surface area contributed by atoms with Crippen LogP contribution in [-0.2, 0) is 17.6 Å². The normalized spacial score (nSPS) is 26.3. The summed E-state index contributed by atoms with van der Waals surface area (Å²) in [5.41, 5.74) is -5.81. The first-order valence-electron chi connectivity index (χ1n) is 11.2. The molecule has 0 aliphatic heterocycles. The Kier molecular flexibility index (Phi) is 5.40. The van der Waals surface area contributed by atoms with Crippen LogP contribution in [0.4, 0.5) is 26.3 Å². The van der Waals surface area contributed by atoms with E-state index >= 15 is 4.39 Å². The zero-order valence-electron chi connectivity index (χ0n) is 19.1. The number of hydrogen-bond acceptors (Lipinski definition) is 5. The number of rotatable bonds is 8. The van der Waals surface area contributed by atoms with Crippen molar-refractivity contribution in [1.82, 2.24) is 20.2 Å². The molecular formula is C24H22F6N4O2. The predicted molar refractivity (Wildman–Crippen MR) is 114 cm³/mol. The highest BCUT2D eigenvalue weighted by atomic mass is 19.4. The molecule has 0 spiro atoms. The molecule has 0 radical (unpaired) electrons. The number of aliphatic hydroxyl groups is 1. The number of halogens is 6. The average Bonchev–Trinajstić information content (AvgIpc) is 3.23. The largest absolute Gasteiger partial charge is 0.484 e. The predicted octanol–water partition coefficient (Wildman–Crippen LogP) is 4.63. The Morgan fingerprint density at radius 2 is 1.69 bits per heavy atom. The van der Waals surface area contributed by atoms with Crippen molar-refractivity contribution >= 4 is 0 Å². The van der Waals surface area contributed by atoms with E-state index in [1.807, 2.05) is 0 Å². The monoisotopic (exact) mass is 512 g/mol. The van der Waals surface area contributed by atoms with Gasteiger partial charge in [-0.1, -0.05) is 18.2 Å². The van der Waals surface area contributed by atoms with Gasteiger partial charge in [0.25, 0.3) is 0 Å². The van der Waals surface area contributed by atoms with Crippen LogP contribution in [0.15, 0.2) is 48.8 Å². The number of aromatic nitrogens is 4. The summed E-state index contributed by atoms with van der Waals surface area (Å²) in [6.07, 6.45) is -2.30. The third-order valence-electron chi connectivity index (χ3n) is 7.83. The van der Waals surface area contributed by atoms with Gasteiger partial charge in [0.15, 0.2) is 6.61 Å². The number of tetrazole rings is 1. The molecule has 3 saturated carbocycles. The SMILES string of the molecule is CC(F)(C12CC(c3ccc(OCC(F)(F)F)cc3)(C1)C2)[C@@](O)(Cn1cnnn1)c1ccc(F)cc1F. The second-order valence-electron chi connectivity index (χ2n) is 10.0. The van der Waals surface area contributed by atoms with Crippen molar-refractivity contribution in [3.63, 3.8) is 0 Å². The van der Waals surface area contributed by atoms with Gasteiger partial charge in [-0.15, -0.1) is 5.10 Å². The molecule has 3 aromatic rings. The summed E-state index contributed by atoms with van der Waals surface area (Å²) in [5.74, 6) is -1.89. The first-order chi connectivity index (χ1) is 16.8. The van der Waals surface area contributed by atoms with Crippen molar-refractivity contribution in [2.45, 2.75) is 55.6 Å². The maximum Gasteiger partial charge on any atom is 0.422 e. The Bertz CT molecular complexity index is 1240. The van der Waals surface area contributed by atoms with Crippen molar-refractivity contribution in [2.24, 2.45) is 5.41 Å². The van der Waals surface area contributed by atoms with Crippen LogP contribution in [0.3, 0.4) is 0 Å². The molecule has 3 fully saturated rings. The topological polar surface area (TPSA) is 73.1 Å². The summed E-state index contributed by atoms with van der Waals surface area (Å²) in [5, 5.41) is 22.4. The molecule has 6 nitrogen and oxygen atoms in total. The summed E-state index contributed by atoms with van der Waals surface area (Å²) in [4.78, 5) is 0. The number of nitrogens with zero attached hydrogens (tertiary/aromatic N) is 4. The number of benzene rings is 2. The van der Waals surface area contributed by atoms with E-state index in [1.54, 1.807) is 12.1 Å². The minimum atomic E-state index is -4.45. The summed E-state index contributed by atoms with van der Waals surface area (Å²) in [6, 6.07) is 8.73. The van der Waals surface area contributed by atoms with Crippen molar-refractivity contribution in [3.8, 4) is 5.75 Å². The van der Waals surface area contributed by atoms with Gasteiger partial charge in [-0.25, -0.2) is 17.9 Å². The van der Waals surface area contributed by atoms with E-state index < -0.39 is 58.6 Å². The molecule has 3 aliphatic rings. The van der Waals surface area contributed by atoms with Gasteiger partial charge in [-0.3, -0.25) is 0 Å². The van der Waals surface area contributed by atoms with Crippen LogP contribution in [-0.4, -0.2) is 43.8 Å². The molecular weight excluding hydrogens is 490 g/mol. The van der Waals surface area contributed by atoms with E-state index in [0.717, 1.165) is 28.7 Å². The van der Waals surface area contributed by atoms with E-state index in [0.29, 0.717) is 25.3 Å². The first kappa shape index (κ1) is 24.5. The van der Waals surface area contributed by atoms with Gasteiger partial charge < -0.3 is 9.84 Å². The van der Waals surface area contributed by atoms with Gasteiger partial charge in [-0.05, 0) is 65.8 Å². The highest BCUT2D eigenvalue weighted by Gasteiger charge is 2.79. The Morgan fingerprint density at radius 1 is 1.03 bits per heavy atom. The maximum absolute atomic E-state index is 16.8. The highest BCUT2D eigenvalue weighted by Crippen LogP contribution is 2.80. The van der Waals surface area contributed by atoms with E-state index in [-0.39, 0.29) is 5.75 Å². The van der Waals surface area contributed by atoms with Crippen molar-refractivity contribution in [1.29, 1.82) is 0 Å². The Labute approximate surface area is 201 Å². The molecule has 36 heavy (non-hydrogen) atoms. The fraction of sp³-hybridized carbons (Fsp3) is 0.458. The summed E-state index contributed by atoms with van der Waals surface area (Å²) < 4.78 is 88.2. The zero-order valence-corrected chi connectivity index (χ0v) is 19.1. The van der Waals surface area contributed by atoms with E-state index in [4.69, 9.17) is 4.74 Å². The van der Waals surface area contributed by atoms with E-state index in [1.165, 1.54) is 19.1 Å². The number of hydrogen-bond donors (Lipinski definition) is 1. The molecule has 6 rings (SSSR count). The van der Waals surface area contributed by atoms with Gasteiger partial charge in [0.2, 0.25) is 0 Å². The lowest BCUT2D eigenvalue weighted by molar-refractivity contribution is -0.289. The number of ether oxygens (including phenoxy) is 1. The Hall–Kier alpha value is -3.15. The third-order valence-corrected chi connectivity index (χ3v) is 7.83. The fourth-order valence-corrected chi connectivity index (χ4v) is 5.90. The van der Waals surface area contributed by atoms with Gasteiger partial charge in [0.1, 0.15) is 35.0 Å². The highest BCUT2D eigenvalue weighted by molar-refractivity contribution is 5.45. The standard InChI is InChI=1S/C24H22F6N4O2/c1-20(27,23(35,12-34-14-31-32-33-34)18-7-4-16(25)8-19(18)26)22-9-21(10-22,11-22)15-2-5-17(6-3-15)36-13-24(28,29)30/h2-8,14,35H,9-13H2,1H3/t20?,21?,22?,23-/m1/s1. The molecule has 2 aromatic carbocycles. The summed E-state index contributed by atoms with van der Waals surface area (Å²) >= 11 is 0. The second-order valence-corrected chi connectivity index (χ2v) is 10.0. The van der Waals surface area contributed by atoms with Crippen molar-refractivity contribution in [2.75, 3.05) is 6.61 Å². The molecule has 3 aliphatic carbocycles. The maximum atomic E-state index is 16.8. The fourth-order valence-electron chi connectivity index (χ4n) is 5.90. The van der Waals surface area contributed by atoms with Crippen LogP contribution >= 0.6 is 0 Å². The molecule has 0 amide bonds. The molecule has 12 heteroatoms. The summed E-state index contributed by atoms with van der Waals surface area (Å²) in [6.45, 7) is -0.701. The third kappa shape index (κ3) is 3.73. The van der Waals surface area contributed by atoms with E-state index in [9.17, 15) is 27.1 Å². The van der Waals surface area contributed by atoms with Crippen LogP contribution < -0.4 is 4.74 Å². The molecule has 2 bridgehead atoms. The minimum absolute atomic E-state index is 0.0651. The molecule has 0 saturated heterocycles. The lowest BCUT2D eigenvalue weighted by atomic mass is 9.28. The van der Waals surface area contributed by atoms with Crippen LogP contribution in [0.2, 0.25) is 0 Å². The van der Waals surface area contributed by atoms with Crippen molar-refractivity contribution in [3.05, 3.63) is 71.6 Å². The van der Waals surface area contributed by atoms with E-state index in [2.05, 4.69) is 15.5 Å². The molecule has 1 aromatic heterocycles. The lowest BCUT2D eigenvalue weighted by Crippen LogP contribution is -2.76. The quantitative estimate of drug-likeness (QED) is 0.446. The molecule has 1 unspecified atom stereocenters. The summed E-state index contributed by atoms with van der Waals surface area (Å²) in [7, 11) is 0. The smallest absolute Gasteiger partial charge is 0.422 e. The average molecular weight is 512 g/mol. The van der Waals surface area contributed by atoms with Crippen LogP contribution in [0.25, 0.3) is 0 Å². The molecule has 1 heterocycles. The lowest BCUT2D eigenvalue weighted by Gasteiger charge is -2.76. The zero-order chi connectivity index (χ0) is 26.0. The Balaban J connectivity index is 1.39. The molecule has 1 N–H and O–H groups in total. The van der Waals surface area contributed by atoms with Crippen LogP contribution in [0.1, 0.15) is 37.3 Å². The second kappa shape index (κ2) is 7.92. The Morgan fingerprint density at radius 3 is 2.25 bits per heavy atom. The van der Waals surface area contributed by atoms with Gasteiger partial charge in [0, 0.05) is 17.0 Å². The first-order valence-corrected chi connectivity index (χ1v) is 11.2. The molecule has 192 valence electrons. The minimum Gasteiger partial charge on any atom is -0.484 e. The van der Waals surface area contributed by atoms with Gasteiger partial charge in [0.05, 0.1) is 6.54 Å². The van der Waals surface area contributed by atoms with Crippen LogP contribution in [0.5, 0.6) is 5.75 Å². The van der Waals surface area contributed by atoms with Crippen molar-refractivity contribution < 1.29 is 36.2 Å². The van der Waals surface area contributed by atoms with Crippen LogP contribution in [0, 0.1) is 17.0 Å². The molecule has 2 atom stereocenters. The van der Waals surface area contributed by atoms with Gasteiger partial charge >= 0.3 is 6.18 Å².